The number of hydrogen-bond donors (Lipinski definition) is 0. The summed E-state index contributed by atoms with van der Waals surface area (Å²) in [6.07, 6.45) is 5.38. The Labute approximate surface area is 90.4 Å². The third kappa shape index (κ3) is 4.24. The van der Waals surface area contributed by atoms with Gasteiger partial charge in [0, 0.05) is 16.4 Å². The lowest BCUT2D eigenvalue weighted by molar-refractivity contribution is 1.23. The zero-order valence-corrected chi connectivity index (χ0v) is 9.67. The minimum atomic E-state index is 0.702. The second-order valence-corrected chi connectivity index (χ2v) is 2.79. The van der Waals surface area contributed by atoms with E-state index >= 15 is 0 Å². The fourth-order valence-electron chi connectivity index (χ4n) is 0.814. The molecule has 14 heavy (non-hydrogen) atoms. The lowest BCUT2D eigenvalue weighted by Gasteiger charge is -1.87. The zero-order valence-electron chi connectivity index (χ0n) is 8.92. The van der Waals surface area contributed by atoms with E-state index in [1.54, 1.807) is 6.20 Å². The van der Waals surface area contributed by atoms with Gasteiger partial charge < -0.3 is 0 Å². The average molecular weight is 210 g/mol. The molecule has 0 N–H and O–H groups in total. The van der Waals surface area contributed by atoms with Crippen LogP contribution in [0.4, 0.5) is 0 Å². The normalized spacial score (nSPS) is 12.0. The summed E-state index contributed by atoms with van der Waals surface area (Å²) >= 11 is 5.82. The summed E-state index contributed by atoms with van der Waals surface area (Å²) in [5.41, 5.74) is 0. The number of rotatable bonds is 1. The molecule has 0 aliphatic rings. The summed E-state index contributed by atoms with van der Waals surface area (Å²) in [6.45, 7) is 9.67. The molecule has 0 radical (unpaired) electrons. The van der Waals surface area contributed by atoms with E-state index in [0.717, 1.165) is 10.6 Å². The van der Waals surface area contributed by atoms with Crippen LogP contribution in [0.5, 0.6) is 0 Å². The molecule has 0 aliphatic heterocycles. The van der Waals surface area contributed by atoms with Crippen molar-refractivity contribution in [1.29, 1.82) is 0 Å². The first-order valence-corrected chi connectivity index (χ1v) is 5.05. The first kappa shape index (κ1) is 12.9. The number of halogens is 1. The highest BCUT2D eigenvalue weighted by Gasteiger charge is 1.84. The zero-order chi connectivity index (χ0) is 11.0. The molecule has 0 unspecified atom stereocenters. The molecular formula is C12H16ClN. The highest BCUT2D eigenvalue weighted by Crippen LogP contribution is 1.99. The largest absolute Gasteiger partial charge is 0.257 e. The van der Waals surface area contributed by atoms with Gasteiger partial charge in [-0.2, -0.15) is 0 Å². The fourth-order valence-corrected chi connectivity index (χ4v) is 0.931. The van der Waals surface area contributed by atoms with Crippen LogP contribution in [0.1, 0.15) is 20.8 Å². The molecule has 0 atom stereocenters. The third-order valence-corrected chi connectivity index (χ3v) is 1.82. The Balaban J connectivity index is 0.000000791. The number of hydrogen-bond acceptors (Lipinski definition) is 1. The van der Waals surface area contributed by atoms with Crippen molar-refractivity contribution in [1.82, 2.24) is 4.98 Å². The van der Waals surface area contributed by atoms with Crippen molar-refractivity contribution in [2.24, 2.45) is 0 Å². The van der Waals surface area contributed by atoms with Crippen molar-refractivity contribution in [2.45, 2.75) is 20.8 Å². The van der Waals surface area contributed by atoms with E-state index < -0.39 is 0 Å². The van der Waals surface area contributed by atoms with E-state index in [0.29, 0.717) is 5.03 Å². The molecule has 1 aromatic rings. The van der Waals surface area contributed by atoms with E-state index in [4.69, 9.17) is 11.6 Å². The van der Waals surface area contributed by atoms with E-state index in [1.165, 1.54) is 0 Å². The van der Waals surface area contributed by atoms with E-state index in [2.05, 4.69) is 11.6 Å². The molecule has 0 amide bonds. The van der Waals surface area contributed by atoms with Crippen molar-refractivity contribution in [3.05, 3.63) is 40.0 Å². The summed E-state index contributed by atoms with van der Waals surface area (Å²) < 4.78 is 0. The molecule has 1 rings (SSSR count). The maximum absolute atomic E-state index is 5.82. The van der Waals surface area contributed by atoms with Gasteiger partial charge in [-0.05, 0) is 19.1 Å². The molecule has 0 bridgehead atoms. The van der Waals surface area contributed by atoms with Gasteiger partial charge in [-0.1, -0.05) is 44.2 Å². The molecule has 2 heteroatoms. The molecule has 1 aromatic heterocycles. The first-order chi connectivity index (χ1) is 6.74. The lowest BCUT2D eigenvalue weighted by atomic mass is 10.3. The van der Waals surface area contributed by atoms with Gasteiger partial charge in [0.2, 0.25) is 0 Å². The van der Waals surface area contributed by atoms with Crippen molar-refractivity contribution >= 4 is 24.3 Å². The smallest absolute Gasteiger partial charge is 0.0630 e. The molecule has 0 spiro atoms. The van der Waals surface area contributed by atoms with Gasteiger partial charge in [-0.15, -0.1) is 0 Å². The molecule has 76 valence electrons. The maximum Gasteiger partial charge on any atom is 0.0630 e. The molecule has 0 aromatic carbocycles. The minimum absolute atomic E-state index is 0.702. The van der Waals surface area contributed by atoms with Crippen LogP contribution < -0.4 is 10.6 Å². The Morgan fingerprint density at radius 2 is 2.14 bits per heavy atom. The number of allylic oxidation sites excluding steroid dienone is 2. The molecular weight excluding hydrogens is 194 g/mol. The van der Waals surface area contributed by atoms with Crippen LogP contribution in [0.3, 0.4) is 0 Å². The Kier molecular flexibility index (Phi) is 6.77. The Hall–Kier alpha value is -1.08. The van der Waals surface area contributed by atoms with Gasteiger partial charge in [0.05, 0.1) is 5.35 Å². The monoisotopic (exact) mass is 209 g/mol. The van der Waals surface area contributed by atoms with Gasteiger partial charge in [0.15, 0.2) is 0 Å². The molecule has 0 saturated carbocycles. The van der Waals surface area contributed by atoms with Crippen LogP contribution >= 0.6 is 11.6 Å². The Morgan fingerprint density at radius 1 is 1.50 bits per heavy atom. The Morgan fingerprint density at radius 3 is 2.64 bits per heavy atom. The number of pyridine rings is 1. The SMILES string of the molecule is C=c1nccc/c1=C/C(Cl)=C\C.CC. The van der Waals surface area contributed by atoms with Gasteiger partial charge in [0.1, 0.15) is 0 Å². The van der Waals surface area contributed by atoms with Gasteiger partial charge >= 0.3 is 0 Å². The van der Waals surface area contributed by atoms with Crippen LogP contribution in [0.2, 0.25) is 0 Å². The molecule has 0 fully saturated rings. The van der Waals surface area contributed by atoms with Crippen molar-refractivity contribution in [3.8, 4) is 0 Å². The van der Waals surface area contributed by atoms with Crippen LogP contribution in [-0.4, -0.2) is 4.98 Å². The van der Waals surface area contributed by atoms with Crippen molar-refractivity contribution < 1.29 is 0 Å². The van der Waals surface area contributed by atoms with Crippen LogP contribution in [0.15, 0.2) is 29.4 Å². The second kappa shape index (κ2) is 7.34. The number of nitrogens with zero attached hydrogens (tertiary/aromatic N) is 1. The second-order valence-electron chi connectivity index (χ2n) is 2.36. The molecule has 0 aliphatic carbocycles. The summed E-state index contributed by atoms with van der Waals surface area (Å²) in [6, 6.07) is 3.79. The maximum atomic E-state index is 5.82. The van der Waals surface area contributed by atoms with Crippen molar-refractivity contribution in [3.63, 3.8) is 0 Å². The Bertz CT molecular complexity index is 393. The topological polar surface area (TPSA) is 12.9 Å². The predicted octanol–water partition coefficient (Wildman–Crippen LogP) is 2.44. The van der Waals surface area contributed by atoms with E-state index in [1.807, 2.05) is 45.1 Å². The molecule has 1 heterocycles. The molecule has 1 nitrogen and oxygen atoms in total. The van der Waals surface area contributed by atoms with Crippen LogP contribution in [0, 0.1) is 0 Å². The summed E-state index contributed by atoms with van der Waals surface area (Å²) in [5.74, 6) is 0. The standard InChI is InChI=1S/C10H10ClN.C2H6/c1-3-10(11)7-9-5-4-6-12-8(9)2;1-2/h3-7H,2H2,1H3;1-2H3/b9-7-,10-3+;. The average Bonchev–Trinajstić information content (AvgIpc) is 2.24. The third-order valence-electron chi connectivity index (χ3n) is 1.49. The predicted molar refractivity (Wildman–Crippen MR) is 64.4 cm³/mol. The van der Waals surface area contributed by atoms with Crippen LogP contribution in [0.25, 0.3) is 12.7 Å². The van der Waals surface area contributed by atoms with Crippen molar-refractivity contribution in [2.75, 3.05) is 0 Å². The van der Waals surface area contributed by atoms with Crippen LogP contribution in [-0.2, 0) is 0 Å². The van der Waals surface area contributed by atoms with Gasteiger partial charge in [-0.25, -0.2) is 0 Å². The lowest BCUT2D eigenvalue weighted by Crippen LogP contribution is -2.25. The highest BCUT2D eigenvalue weighted by atomic mass is 35.5. The molecule has 0 saturated heterocycles. The summed E-state index contributed by atoms with van der Waals surface area (Å²) in [4.78, 5) is 4.04. The first-order valence-electron chi connectivity index (χ1n) is 4.67. The highest BCUT2D eigenvalue weighted by molar-refractivity contribution is 6.33. The van der Waals surface area contributed by atoms with E-state index in [-0.39, 0.29) is 0 Å². The number of aromatic nitrogens is 1. The summed E-state index contributed by atoms with van der Waals surface area (Å²) in [7, 11) is 0. The van der Waals surface area contributed by atoms with Gasteiger partial charge in [0.25, 0.3) is 0 Å². The van der Waals surface area contributed by atoms with E-state index in [9.17, 15) is 0 Å². The van der Waals surface area contributed by atoms with Gasteiger partial charge in [-0.3, -0.25) is 4.98 Å². The quantitative estimate of drug-likeness (QED) is 0.693. The summed E-state index contributed by atoms with van der Waals surface area (Å²) in [5, 5.41) is 2.41. The minimum Gasteiger partial charge on any atom is -0.257 e. The fraction of sp³-hybridized carbons (Fsp3) is 0.250.